The number of aromatic nitrogens is 1. The van der Waals surface area contributed by atoms with Crippen molar-refractivity contribution in [1.82, 2.24) is 4.98 Å². The van der Waals surface area contributed by atoms with Crippen LogP contribution in [0.4, 0.5) is 11.5 Å². The molecule has 0 atom stereocenters. The highest BCUT2D eigenvalue weighted by atomic mass is 16.6. The summed E-state index contributed by atoms with van der Waals surface area (Å²) < 4.78 is 0. The van der Waals surface area contributed by atoms with E-state index >= 15 is 0 Å². The van der Waals surface area contributed by atoms with Gasteiger partial charge in [0.1, 0.15) is 0 Å². The molecule has 0 bridgehead atoms. The number of aliphatic hydroxyl groups is 1. The minimum absolute atomic E-state index is 0.0715. The van der Waals surface area contributed by atoms with Crippen LogP contribution in [0.5, 0.6) is 0 Å². The molecule has 1 N–H and O–H groups in total. The first-order valence-electron chi connectivity index (χ1n) is 4.76. The predicted octanol–water partition coefficient (Wildman–Crippen LogP) is 0.974. The van der Waals surface area contributed by atoms with Crippen molar-refractivity contribution in [3.05, 3.63) is 41.1 Å². The zero-order valence-electron chi connectivity index (χ0n) is 8.74. The molecule has 0 amide bonds. The second-order valence-electron chi connectivity index (χ2n) is 3.06. The Balaban J connectivity index is 3.06. The first-order chi connectivity index (χ1) is 7.70. The van der Waals surface area contributed by atoms with Crippen LogP contribution < -0.4 is 4.90 Å². The SMILES string of the molecule is C=CCN(CCO)c1ncccc1[N+](=O)[O-]. The van der Waals surface area contributed by atoms with Crippen LogP contribution in [-0.2, 0) is 0 Å². The first kappa shape index (κ1) is 12.1. The van der Waals surface area contributed by atoms with Gasteiger partial charge in [0.15, 0.2) is 0 Å². The first-order valence-corrected chi connectivity index (χ1v) is 4.76. The maximum atomic E-state index is 10.8. The summed E-state index contributed by atoms with van der Waals surface area (Å²) in [6, 6.07) is 2.89. The Hall–Kier alpha value is -1.95. The molecule has 0 fully saturated rings. The maximum absolute atomic E-state index is 10.8. The van der Waals surface area contributed by atoms with Gasteiger partial charge in [-0.2, -0.15) is 0 Å². The molecule has 1 aromatic rings. The maximum Gasteiger partial charge on any atom is 0.311 e. The quantitative estimate of drug-likeness (QED) is 0.441. The minimum Gasteiger partial charge on any atom is -0.395 e. The topological polar surface area (TPSA) is 79.5 Å². The molecule has 0 saturated heterocycles. The highest BCUT2D eigenvalue weighted by molar-refractivity contribution is 5.57. The molecule has 0 aliphatic carbocycles. The Kier molecular flexibility index (Phi) is 4.41. The Morgan fingerprint density at radius 2 is 2.44 bits per heavy atom. The third kappa shape index (κ3) is 2.77. The molecule has 0 spiro atoms. The van der Waals surface area contributed by atoms with E-state index in [0.717, 1.165) is 0 Å². The monoisotopic (exact) mass is 223 g/mol. The van der Waals surface area contributed by atoms with Crippen LogP contribution in [0.1, 0.15) is 0 Å². The molecule has 1 aromatic heterocycles. The standard InChI is InChI=1S/C10H13N3O3/c1-2-6-12(7-8-14)10-9(13(15)16)4-3-5-11-10/h2-5,14H,1,6-8H2. The molecule has 16 heavy (non-hydrogen) atoms. The molecule has 0 aliphatic heterocycles. The largest absolute Gasteiger partial charge is 0.395 e. The Morgan fingerprint density at radius 1 is 1.69 bits per heavy atom. The summed E-state index contributed by atoms with van der Waals surface area (Å²) in [5, 5.41) is 19.7. The van der Waals surface area contributed by atoms with Gasteiger partial charge in [0.25, 0.3) is 0 Å². The lowest BCUT2D eigenvalue weighted by atomic mass is 10.3. The van der Waals surface area contributed by atoms with E-state index in [4.69, 9.17) is 5.11 Å². The number of anilines is 1. The zero-order valence-corrected chi connectivity index (χ0v) is 8.74. The molecule has 0 radical (unpaired) electrons. The van der Waals surface area contributed by atoms with Crippen molar-refractivity contribution in [1.29, 1.82) is 0 Å². The van der Waals surface area contributed by atoms with Crippen LogP contribution >= 0.6 is 0 Å². The molecule has 1 heterocycles. The van der Waals surface area contributed by atoms with Gasteiger partial charge in [0, 0.05) is 25.4 Å². The van der Waals surface area contributed by atoms with Crippen LogP contribution in [0, 0.1) is 10.1 Å². The predicted molar refractivity (Wildman–Crippen MR) is 60.4 cm³/mol. The molecule has 6 nitrogen and oxygen atoms in total. The summed E-state index contributed by atoms with van der Waals surface area (Å²) in [5.74, 6) is 0.251. The Bertz CT molecular complexity index is 381. The summed E-state index contributed by atoms with van der Waals surface area (Å²) in [6.07, 6.45) is 3.09. The van der Waals surface area contributed by atoms with E-state index in [1.54, 1.807) is 11.0 Å². The summed E-state index contributed by atoms with van der Waals surface area (Å²) in [5.41, 5.74) is -0.0715. The minimum atomic E-state index is -0.490. The van der Waals surface area contributed by atoms with Crippen LogP contribution in [0.15, 0.2) is 31.0 Å². The number of hydrogen-bond acceptors (Lipinski definition) is 5. The van der Waals surface area contributed by atoms with Crippen molar-refractivity contribution in [3.8, 4) is 0 Å². The van der Waals surface area contributed by atoms with Gasteiger partial charge in [-0.1, -0.05) is 6.08 Å². The van der Waals surface area contributed by atoms with Crippen LogP contribution in [0.25, 0.3) is 0 Å². The molecule has 0 saturated carbocycles. The van der Waals surface area contributed by atoms with Crippen molar-refractivity contribution < 1.29 is 10.0 Å². The van der Waals surface area contributed by atoms with E-state index in [2.05, 4.69) is 11.6 Å². The average molecular weight is 223 g/mol. The number of aliphatic hydroxyl groups excluding tert-OH is 1. The molecule has 86 valence electrons. The molecular formula is C10H13N3O3. The molecule has 1 rings (SSSR count). The van der Waals surface area contributed by atoms with E-state index in [-0.39, 0.29) is 24.7 Å². The van der Waals surface area contributed by atoms with Crippen LogP contribution in [-0.4, -0.2) is 34.7 Å². The van der Waals surface area contributed by atoms with Crippen molar-refractivity contribution in [2.45, 2.75) is 0 Å². The summed E-state index contributed by atoms with van der Waals surface area (Å²) >= 11 is 0. The number of nitrogens with zero attached hydrogens (tertiary/aromatic N) is 3. The van der Waals surface area contributed by atoms with E-state index in [0.29, 0.717) is 6.54 Å². The summed E-state index contributed by atoms with van der Waals surface area (Å²) in [6.45, 7) is 4.15. The summed E-state index contributed by atoms with van der Waals surface area (Å²) in [7, 11) is 0. The highest BCUT2D eigenvalue weighted by Crippen LogP contribution is 2.24. The molecular weight excluding hydrogens is 210 g/mol. The smallest absolute Gasteiger partial charge is 0.311 e. The van der Waals surface area contributed by atoms with Gasteiger partial charge in [-0.25, -0.2) is 4.98 Å². The number of rotatable bonds is 6. The van der Waals surface area contributed by atoms with Crippen molar-refractivity contribution in [2.75, 3.05) is 24.6 Å². The molecule has 0 unspecified atom stereocenters. The van der Waals surface area contributed by atoms with Gasteiger partial charge >= 0.3 is 5.69 Å². The highest BCUT2D eigenvalue weighted by Gasteiger charge is 2.19. The van der Waals surface area contributed by atoms with Gasteiger partial charge < -0.3 is 10.0 Å². The Labute approximate surface area is 93.0 Å². The lowest BCUT2D eigenvalue weighted by Gasteiger charge is -2.20. The molecule has 0 aliphatic rings. The third-order valence-corrected chi connectivity index (χ3v) is 1.98. The second-order valence-corrected chi connectivity index (χ2v) is 3.06. The van der Waals surface area contributed by atoms with Gasteiger partial charge in [0.2, 0.25) is 5.82 Å². The fourth-order valence-electron chi connectivity index (χ4n) is 1.33. The average Bonchev–Trinajstić information content (AvgIpc) is 2.29. The summed E-state index contributed by atoms with van der Waals surface area (Å²) in [4.78, 5) is 15.9. The van der Waals surface area contributed by atoms with Gasteiger partial charge in [-0.05, 0) is 6.07 Å². The van der Waals surface area contributed by atoms with Crippen LogP contribution in [0.3, 0.4) is 0 Å². The van der Waals surface area contributed by atoms with Gasteiger partial charge in [-0.15, -0.1) is 6.58 Å². The number of hydrogen-bond donors (Lipinski definition) is 1. The third-order valence-electron chi connectivity index (χ3n) is 1.98. The van der Waals surface area contributed by atoms with Gasteiger partial charge in [0.05, 0.1) is 11.5 Å². The van der Waals surface area contributed by atoms with Crippen molar-refractivity contribution in [2.24, 2.45) is 0 Å². The van der Waals surface area contributed by atoms with E-state index in [1.807, 2.05) is 0 Å². The van der Waals surface area contributed by atoms with Crippen molar-refractivity contribution in [3.63, 3.8) is 0 Å². The zero-order chi connectivity index (χ0) is 12.0. The lowest BCUT2D eigenvalue weighted by molar-refractivity contribution is -0.384. The normalized spacial score (nSPS) is 9.81. The number of pyridine rings is 1. The van der Waals surface area contributed by atoms with Crippen LogP contribution in [0.2, 0.25) is 0 Å². The molecule has 6 heteroatoms. The molecule has 0 aromatic carbocycles. The number of nitro groups is 1. The van der Waals surface area contributed by atoms with Gasteiger partial charge in [-0.3, -0.25) is 10.1 Å². The fourth-order valence-corrected chi connectivity index (χ4v) is 1.33. The second kappa shape index (κ2) is 5.82. The lowest BCUT2D eigenvalue weighted by Crippen LogP contribution is -2.28. The van der Waals surface area contributed by atoms with Crippen molar-refractivity contribution >= 4 is 11.5 Å². The van der Waals surface area contributed by atoms with E-state index < -0.39 is 4.92 Å². The fraction of sp³-hybridized carbons (Fsp3) is 0.300. The Morgan fingerprint density at radius 3 is 3.00 bits per heavy atom. The van der Waals surface area contributed by atoms with E-state index in [1.165, 1.54) is 18.3 Å². The van der Waals surface area contributed by atoms with E-state index in [9.17, 15) is 10.1 Å².